The minimum atomic E-state index is -0.261. The van der Waals surface area contributed by atoms with Gasteiger partial charge >= 0.3 is 0 Å². The Labute approximate surface area is 173 Å². The molecular weight excluding hydrogens is 388 g/mol. The van der Waals surface area contributed by atoms with Crippen molar-refractivity contribution in [1.29, 1.82) is 0 Å². The number of nitrogens with one attached hydrogen (secondary N) is 1. The fraction of sp³-hybridized carbons (Fsp3) is 0.286. The number of anilines is 1. The first-order valence-electron chi connectivity index (χ1n) is 9.15. The van der Waals surface area contributed by atoms with E-state index in [9.17, 15) is 9.59 Å². The van der Waals surface area contributed by atoms with Gasteiger partial charge in [0, 0.05) is 18.8 Å². The number of benzene rings is 2. The summed E-state index contributed by atoms with van der Waals surface area (Å²) in [6.07, 6.45) is 0. The maximum Gasteiger partial charge on any atom is 0.243 e. The fourth-order valence-electron chi connectivity index (χ4n) is 2.83. The summed E-state index contributed by atoms with van der Waals surface area (Å²) in [7, 11) is 5.06. The molecule has 3 aromatic rings. The van der Waals surface area contributed by atoms with Crippen LogP contribution in [0, 0.1) is 0 Å². The number of carbonyl (C=O) groups is 2. The van der Waals surface area contributed by atoms with Gasteiger partial charge in [-0.25, -0.2) is 4.98 Å². The van der Waals surface area contributed by atoms with Crippen molar-refractivity contribution in [3.63, 3.8) is 0 Å². The number of methoxy groups -OCH3 is 1. The Hall–Kier alpha value is -2.97. The standard InChI is InChI=1S/C21H24N4O3S/c1-24(13-20-23-17-9-4-5-10-18(17)29-20)14-21(27)25(2)12-19(26)22-15-7-6-8-16(11-15)28-3/h4-11H,12-14H2,1-3H3,(H,22,26). The lowest BCUT2D eigenvalue weighted by Crippen LogP contribution is -2.40. The molecule has 1 heterocycles. The van der Waals surface area contributed by atoms with E-state index < -0.39 is 0 Å². The summed E-state index contributed by atoms with van der Waals surface area (Å²) in [5, 5.41) is 3.73. The first kappa shape index (κ1) is 20.8. The van der Waals surface area contributed by atoms with Gasteiger partial charge in [-0.1, -0.05) is 18.2 Å². The second-order valence-electron chi connectivity index (χ2n) is 6.78. The highest BCUT2D eigenvalue weighted by atomic mass is 32.1. The van der Waals surface area contributed by atoms with Crippen LogP contribution in [0.4, 0.5) is 5.69 Å². The zero-order chi connectivity index (χ0) is 20.8. The molecule has 0 fully saturated rings. The van der Waals surface area contributed by atoms with Crippen molar-refractivity contribution in [3.05, 3.63) is 53.5 Å². The summed E-state index contributed by atoms with van der Waals surface area (Å²) in [6.45, 7) is 0.763. The van der Waals surface area contributed by atoms with Crippen molar-refractivity contribution < 1.29 is 14.3 Å². The van der Waals surface area contributed by atoms with Crippen molar-refractivity contribution in [2.75, 3.05) is 39.6 Å². The van der Waals surface area contributed by atoms with Gasteiger partial charge in [-0.2, -0.15) is 0 Å². The number of aromatic nitrogens is 1. The zero-order valence-corrected chi connectivity index (χ0v) is 17.5. The van der Waals surface area contributed by atoms with Crippen LogP contribution in [0.1, 0.15) is 5.01 Å². The molecule has 0 saturated carbocycles. The molecule has 0 spiro atoms. The Morgan fingerprint density at radius 3 is 2.66 bits per heavy atom. The van der Waals surface area contributed by atoms with Crippen molar-refractivity contribution in [2.24, 2.45) is 0 Å². The van der Waals surface area contributed by atoms with E-state index in [-0.39, 0.29) is 24.9 Å². The van der Waals surface area contributed by atoms with Gasteiger partial charge in [0.1, 0.15) is 10.8 Å². The molecule has 7 nitrogen and oxygen atoms in total. The predicted molar refractivity (Wildman–Crippen MR) is 115 cm³/mol. The number of amides is 2. The number of fused-ring (bicyclic) bond motifs is 1. The SMILES string of the molecule is COc1cccc(NC(=O)CN(C)C(=O)CN(C)Cc2nc3ccccc3s2)c1. The van der Waals surface area contributed by atoms with Crippen molar-refractivity contribution in [2.45, 2.75) is 6.54 Å². The van der Waals surface area contributed by atoms with Gasteiger partial charge in [-0.3, -0.25) is 14.5 Å². The summed E-state index contributed by atoms with van der Waals surface area (Å²) in [5.74, 6) is 0.265. The highest BCUT2D eigenvalue weighted by molar-refractivity contribution is 7.18. The zero-order valence-electron chi connectivity index (χ0n) is 16.7. The van der Waals surface area contributed by atoms with Crippen LogP contribution in [0.15, 0.2) is 48.5 Å². The highest BCUT2D eigenvalue weighted by Crippen LogP contribution is 2.22. The molecule has 3 rings (SSSR count). The molecule has 0 bridgehead atoms. The summed E-state index contributed by atoms with van der Waals surface area (Å²) in [4.78, 5) is 32.6. The van der Waals surface area contributed by atoms with Gasteiger partial charge in [-0.15, -0.1) is 11.3 Å². The number of likely N-dealkylation sites (N-methyl/N-ethyl adjacent to an activating group) is 2. The largest absolute Gasteiger partial charge is 0.497 e. The number of ether oxygens (including phenoxy) is 1. The third-order valence-corrected chi connectivity index (χ3v) is 5.33. The van der Waals surface area contributed by atoms with E-state index in [2.05, 4.69) is 10.3 Å². The third kappa shape index (κ3) is 5.75. The number of para-hydroxylation sites is 1. The topological polar surface area (TPSA) is 74.8 Å². The Morgan fingerprint density at radius 2 is 1.90 bits per heavy atom. The normalized spacial score (nSPS) is 10.9. The molecule has 0 saturated heterocycles. The summed E-state index contributed by atoms with van der Waals surface area (Å²) in [6, 6.07) is 15.1. The Kier molecular flexibility index (Phi) is 6.79. The average Bonchev–Trinajstić information content (AvgIpc) is 3.09. The van der Waals surface area contributed by atoms with Crippen LogP contribution in [0.3, 0.4) is 0 Å². The molecule has 0 unspecified atom stereocenters. The molecule has 0 atom stereocenters. The molecular formula is C21H24N4O3S. The van der Waals surface area contributed by atoms with Crippen LogP contribution in [0.2, 0.25) is 0 Å². The first-order chi connectivity index (χ1) is 13.9. The molecule has 2 aromatic carbocycles. The minimum Gasteiger partial charge on any atom is -0.497 e. The predicted octanol–water partition coefficient (Wildman–Crippen LogP) is 2.83. The maximum atomic E-state index is 12.5. The van der Waals surface area contributed by atoms with Crippen LogP contribution in [-0.4, -0.2) is 60.9 Å². The van der Waals surface area contributed by atoms with E-state index in [1.54, 1.807) is 49.8 Å². The molecule has 2 amide bonds. The molecule has 0 aliphatic heterocycles. The monoisotopic (exact) mass is 412 g/mol. The number of nitrogens with zero attached hydrogens (tertiary/aromatic N) is 3. The van der Waals surface area contributed by atoms with Crippen LogP contribution >= 0.6 is 11.3 Å². The summed E-state index contributed by atoms with van der Waals surface area (Å²) in [5.41, 5.74) is 1.60. The van der Waals surface area contributed by atoms with Crippen molar-refractivity contribution in [3.8, 4) is 5.75 Å². The third-order valence-electron chi connectivity index (χ3n) is 4.31. The van der Waals surface area contributed by atoms with E-state index >= 15 is 0 Å². The van der Waals surface area contributed by atoms with Gasteiger partial charge in [0.05, 0.1) is 37.0 Å². The number of thiazole rings is 1. The lowest BCUT2D eigenvalue weighted by atomic mass is 10.3. The quantitative estimate of drug-likeness (QED) is 0.616. The Morgan fingerprint density at radius 1 is 1.10 bits per heavy atom. The molecule has 8 heteroatoms. The minimum absolute atomic E-state index is 0.0228. The molecule has 1 N–H and O–H groups in total. The van der Waals surface area contributed by atoms with E-state index in [0.29, 0.717) is 18.0 Å². The molecule has 0 radical (unpaired) electrons. The molecule has 152 valence electrons. The van der Waals surface area contributed by atoms with Crippen molar-refractivity contribution >= 4 is 39.1 Å². The molecule has 0 aliphatic carbocycles. The van der Waals surface area contributed by atoms with E-state index in [0.717, 1.165) is 15.2 Å². The number of hydrogen-bond acceptors (Lipinski definition) is 6. The molecule has 29 heavy (non-hydrogen) atoms. The average molecular weight is 413 g/mol. The van der Waals surface area contributed by atoms with Gasteiger partial charge in [0.15, 0.2) is 0 Å². The molecule has 0 aliphatic rings. The lowest BCUT2D eigenvalue weighted by Gasteiger charge is -2.21. The first-order valence-corrected chi connectivity index (χ1v) is 9.97. The lowest BCUT2D eigenvalue weighted by molar-refractivity contribution is -0.134. The smallest absolute Gasteiger partial charge is 0.243 e. The van der Waals surface area contributed by atoms with Crippen LogP contribution in [-0.2, 0) is 16.1 Å². The van der Waals surface area contributed by atoms with Crippen LogP contribution in [0.25, 0.3) is 10.2 Å². The molecule has 1 aromatic heterocycles. The summed E-state index contributed by atoms with van der Waals surface area (Å²) >= 11 is 1.62. The van der Waals surface area contributed by atoms with Crippen LogP contribution < -0.4 is 10.1 Å². The Bertz CT molecular complexity index is 971. The Balaban J connectivity index is 1.49. The van der Waals surface area contributed by atoms with Gasteiger partial charge < -0.3 is 15.0 Å². The highest BCUT2D eigenvalue weighted by Gasteiger charge is 2.16. The van der Waals surface area contributed by atoms with E-state index in [1.165, 1.54) is 4.90 Å². The van der Waals surface area contributed by atoms with Gasteiger partial charge in [-0.05, 0) is 31.3 Å². The van der Waals surface area contributed by atoms with Gasteiger partial charge in [0.2, 0.25) is 11.8 Å². The number of hydrogen-bond donors (Lipinski definition) is 1. The van der Waals surface area contributed by atoms with Crippen molar-refractivity contribution in [1.82, 2.24) is 14.8 Å². The number of carbonyl (C=O) groups excluding carboxylic acids is 2. The van der Waals surface area contributed by atoms with E-state index in [4.69, 9.17) is 4.74 Å². The maximum absolute atomic E-state index is 12.5. The van der Waals surface area contributed by atoms with Gasteiger partial charge in [0.25, 0.3) is 0 Å². The van der Waals surface area contributed by atoms with Crippen LogP contribution in [0.5, 0.6) is 5.75 Å². The fourth-order valence-corrected chi connectivity index (χ4v) is 3.88. The second kappa shape index (κ2) is 9.49. The van der Waals surface area contributed by atoms with E-state index in [1.807, 2.05) is 36.2 Å². The second-order valence-corrected chi connectivity index (χ2v) is 7.89. The summed E-state index contributed by atoms with van der Waals surface area (Å²) < 4.78 is 6.27. The number of rotatable bonds is 8.